The summed E-state index contributed by atoms with van der Waals surface area (Å²) in [5.74, 6) is -2.19. The van der Waals surface area contributed by atoms with Crippen LogP contribution in [0.3, 0.4) is 0 Å². The zero-order chi connectivity index (χ0) is 35.8. The highest BCUT2D eigenvalue weighted by Gasteiger charge is 2.34. The average Bonchev–Trinajstić information content (AvgIpc) is 3.11. The molecule has 6 aromatic rings. The Kier molecular flexibility index (Phi) is 7.69. The number of ether oxygens (including phenoxy) is 6. The first-order valence-corrected chi connectivity index (χ1v) is 15.8. The van der Waals surface area contributed by atoms with E-state index in [1.54, 1.807) is 26.0 Å². The number of rotatable bonds is 4. The molecule has 2 atom stereocenters. The number of carbonyl (C=O) groups excluding carboxylic acids is 2. The Bertz CT molecular complexity index is 2350. The minimum Gasteiger partial charge on any atom is -0.504 e. The lowest BCUT2D eigenvalue weighted by atomic mass is 9.82. The predicted molar refractivity (Wildman–Crippen MR) is 185 cm³/mol. The molecule has 0 fully saturated rings. The second-order valence-electron chi connectivity index (χ2n) is 12.3. The van der Waals surface area contributed by atoms with E-state index in [0.29, 0.717) is 10.8 Å². The quantitative estimate of drug-likeness (QED) is 0.142. The van der Waals surface area contributed by atoms with E-state index in [4.69, 9.17) is 28.4 Å². The van der Waals surface area contributed by atoms with Crippen molar-refractivity contribution in [3.05, 3.63) is 79.1 Å². The molecular weight excluding hydrogens is 648 g/mol. The van der Waals surface area contributed by atoms with Crippen molar-refractivity contribution in [2.45, 2.75) is 38.9 Å². The maximum atomic E-state index is 14.2. The Morgan fingerprint density at radius 2 is 0.880 bits per heavy atom. The van der Waals surface area contributed by atoms with Crippen molar-refractivity contribution in [3.63, 3.8) is 0 Å². The molecule has 0 unspecified atom stereocenters. The summed E-state index contributed by atoms with van der Waals surface area (Å²) in [7, 11) is 5.62. The van der Waals surface area contributed by atoms with Crippen molar-refractivity contribution in [2.24, 2.45) is 0 Å². The first-order valence-electron chi connectivity index (χ1n) is 15.8. The summed E-state index contributed by atoms with van der Waals surface area (Å²) in [6.07, 6.45) is -2.29. The van der Waals surface area contributed by atoms with E-state index in [-0.39, 0.29) is 90.4 Å². The molecule has 0 radical (unpaired) electrons. The van der Waals surface area contributed by atoms with Gasteiger partial charge in [0, 0.05) is 57.6 Å². The summed E-state index contributed by atoms with van der Waals surface area (Å²) >= 11 is 0. The number of benzene rings is 6. The first-order chi connectivity index (χ1) is 24.0. The van der Waals surface area contributed by atoms with Crippen LogP contribution in [0.2, 0.25) is 0 Å². The van der Waals surface area contributed by atoms with Crippen LogP contribution in [-0.2, 0) is 22.3 Å². The van der Waals surface area contributed by atoms with Crippen LogP contribution in [0.4, 0.5) is 0 Å². The number of cyclic esters (lactones) is 2. The van der Waals surface area contributed by atoms with Crippen LogP contribution in [0, 0.1) is 0 Å². The van der Waals surface area contributed by atoms with Crippen molar-refractivity contribution in [1.29, 1.82) is 0 Å². The molecule has 0 aliphatic carbocycles. The fourth-order valence-corrected chi connectivity index (χ4v) is 7.35. The first kappa shape index (κ1) is 32.5. The summed E-state index contributed by atoms with van der Waals surface area (Å²) in [6, 6.07) is 9.03. The van der Waals surface area contributed by atoms with E-state index in [1.807, 2.05) is 0 Å². The Hall–Kier alpha value is -6.04. The second kappa shape index (κ2) is 11.8. The molecule has 1 aliphatic rings. The molecule has 7 rings (SSSR count). The van der Waals surface area contributed by atoms with Crippen LogP contribution >= 0.6 is 0 Å². The van der Waals surface area contributed by atoms with Gasteiger partial charge in [0.2, 0.25) is 10.9 Å². The number of fused-ring (bicyclic) bond motifs is 2. The van der Waals surface area contributed by atoms with Crippen LogP contribution in [-0.4, -0.2) is 62.8 Å². The maximum Gasteiger partial charge on any atom is 0.339 e. The lowest BCUT2D eigenvalue weighted by Gasteiger charge is -2.26. The summed E-state index contributed by atoms with van der Waals surface area (Å²) in [5.41, 5.74) is -1.43. The zero-order valence-corrected chi connectivity index (χ0v) is 28.0. The number of methoxy groups -OCH3 is 4. The maximum absolute atomic E-state index is 14.2. The smallest absolute Gasteiger partial charge is 0.339 e. The molecule has 256 valence electrons. The topological polar surface area (TPSA) is 164 Å². The molecule has 0 aromatic heterocycles. The van der Waals surface area contributed by atoms with Gasteiger partial charge in [-0.15, -0.1) is 0 Å². The van der Waals surface area contributed by atoms with Gasteiger partial charge in [0.15, 0.2) is 11.5 Å². The van der Waals surface area contributed by atoms with Crippen LogP contribution in [0.25, 0.3) is 43.1 Å². The van der Waals surface area contributed by atoms with Gasteiger partial charge in [-0.3, -0.25) is 9.59 Å². The number of carbonyl (C=O) groups is 2. The number of aromatic hydroxyl groups is 2. The summed E-state index contributed by atoms with van der Waals surface area (Å²) in [5, 5.41) is 25.4. The van der Waals surface area contributed by atoms with Gasteiger partial charge in [-0.05, 0) is 36.8 Å². The molecule has 0 saturated carbocycles. The van der Waals surface area contributed by atoms with Gasteiger partial charge in [0.1, 0.15) is 35.2 Å². The Balaban J connectivity index is 1.78. The van der Waals surface area contributed by atoms with E-state index < -0.39 is 46.5 Å². The number of phenols is 2. The van der Waals surface area contributed by atoms with E-state index in [9.17, 15) is 29.4 Å². The Morgan fingerprint density at radius 1 is 0.540 bits per heavy atom. The predicted octanol–water partition coefficient (Wildman–Crippen LogP) is 5.23. The third kappa shape index (κ3) is 4.51. The largest absolute Gasteiger partial charge is 0.504 e. The lowest BCUT2D eigenvalue weighted by molar-refractivity contribution is 0.0292. The van der Waals surface area contributed by atoms with Gasteiger partial charge in [-0.2, -0.15) is 0 Å². The Labute approximate surface area is 283 Å². The van der Waals surface area contributed by atoms with Gasteiger partial charge < -0.3 is 38.6 Å². The average molecular weight is 681 g/mol. The molecule has 0 amide bonds. The molecule has 50 heavy (non-hydrogen) atoms. The van der Waals surface area contributed by atoms with Gasteiger partial charge in [-0.25, -0.2) is 9.59 Å². The van der Waals surface area contributed by atoms with E-state index >= 15 is 0 Å². The minimum atomic E-state index is -0.962. The highest BCUT2D eigenvalue weighted by molar-refractivity contribution is 6.38. The molecule has 12 nitrogen and oxygen atoms in total. The molecule has 0 spiro atoms. The molecule has 2 N–H and O–H groups in total. The van der Waals surface area contributed by atoms with Crippen molar-refractivity contribution >= 4 is 55.0 Å². The number of esters is 2. The summed E-state index contributed by atoms with van der Waals surface area (Å²) < 4.78 is 34.7. The third-order valence-electron chi connectivity index (χ3n) is 9.42. The van der Waals surface area contributed by atoms with Gasteiger partial charge in [-0.1, -0.05) is 12.1 Å². The third-order valence-corrected chi connectivity index (χ3v) is 9.42. The molecule has 1 aliphatic heterocycles. The summed E-state index contributed by atoms with van der Waals surface area (Å²) in [6.45, 7) is 3.16. The van der Waals surface area contributed by atoms with Crippen LogP contribution in [0.1, 0.15) is 45.7 Å². The normalized spacial score (nSPS) is 16.8. The molecule has 0 saturated heterocycles. The highest BCUT2D eigenvalue weighted by Crippen LogP contribution is 2.53. The summed E-state index contributed by atoms with van der Waals surface area (Å²) in [4.78, 5) is 55.3. The van der Waals surface area contributed by atoms with Gasteiger partial charge in [0.05, 0.1) is 50.3 Å². The zero-order valence-electron chi connectivity index (χ0n) is 28.0. The standard InChI is InChI=1S/C38H32O12/c1-15-11-19-25-26-20(12-16(2)50-38(44)18-10-8-7-9-17(18)37(43)49-15)34(40)36(42)30-24(48-6)14-22(46-4)28(32(26)30)27-21(45-3)13-23(47-5)29(31(25)27)35(41)33(19)39/h7-10,13-16,39-40H,11-12H2,1-6H3/t15-,16-/m1/s1. The van der Waals surface area contributed by atoms with Crippen molar-refractivity contribution in [1.82, 2.24) is 0 Å². The number of hydrogen-bond acceptors (Lipinski definition) is 12. The lowest BCUT2D eigenvalue weighted by Crippen LogP contribution is -2.24. The Morgan fingerprint density at radius 3 is 1.22 bits per heavy atom. The number of phenolic OH excluding ortho intramolecular Hbond substituents is 2. The molecule has 6 aromatic carbocycles. The molecule has 1 heterocycles. The highest BCUT2D eigenvalue weighted by atomic mass is 16.6. The molecule has 0 bridgehead atoms. The monoisotopic (exact) mass is 680 g/mol. The fraction of sp³-hybridized carbons (Fsp3) is 0.263. The fourth-order valence-electron chi connectivity index (χ4n) is 7.35. The van der Waals surface area contributed by atoms with E-state index in [2.05, 4.69) is 0 Å². The molecular formula is C38H32O12. The second-order valence-corrected chi connectivity index (χ2v) is 12.3. The van der Waals surface area contributed by atoms with Crippen LogP contribution < -0.4 is 29.8 Å². The van der Waals surface area contributed by atoms with Gasteiger partial charge >= 0.3 is 11.9 Å². The van der Waals surface area contributed by atoms with Crippen molar-refractivity contribution in [3.8, 4) is 34.5 Å². The van der Waals surface area contributed by atoms with Gasteiger partial charge in [0.25, 0.3) is 0 Å². The van der Waals surface area contributed by atoms with E-state index in [0.717, 1.165) is 0 Å². The molecule has 12 heteroatoms. The minimum absolute atomic E-state index is 0.00651. The van der Waals surface area contributed by atoms with E-state index in [1.165, 1.54) is 52.7 Å². The van der Waals surface area contributed by atoms with Crippen LogP contribution in [0.15, 0.2) is 46.0 Å². The van der Waals surface area contributed by atoms with Crippen molar-refractivity contribution in [2.75, 3.05) is 28.4 Å². The number of hydrogen-bond donors (Lipinski definition) is 2. The van der Waals surface area contributed by atoms with Crippen LogP contribution in [0.5, 0.6) is 34.5 Å². The van der Waals surface area contributed by atoms with Crippen molar-refractivity contribution < 1.29 is 48.2 Å². The SMILES string of the molecule is COc1cc(OC)c2c3c(OC)cc(OC)c4c(=O)c(O)c5c(c6c(c(O)c(=O)c1c26)C[C@@H](C)OC(=O)c1ccccc1C(=O)O[C@H](C)C5)c43.